The van der Waals surface area contributed by atoms with Gasteiger partial charge in [-0.25, -0.2) is 0 Å². The third-order valence-corrected chi connectivity index (χ3v) is 2.99. The summed E-state index contributed by atoms with van der Waals surface area (Å²) in [6, 6.07) is 7.05. The van der Waals surface area contributed by atoms with Crippen LogP contribution in [0.15, 0.2) is 24.3 Å². The molecule has 4 nitrogen and oxygen atoms in total. The summed E-state index contributed by atoms with van der Waals surface area (Å²) in [5.41, 5.74) is 0.132. The maximum absolute atomic E-state index is 12.1. The molecule has 0 radical (unpaired) electrons. The first-order valence-corrected chi connectivity index (χ1v) is 6.83. The van der Waals surface area contributed by atoms with Crippen LogP contribution in [0.1, 0.15) is 45.8 Å². The Hall–Kier alpha value is -1.55. The van der Waals surface area contributed by atoms with Gasteiger partial charge in [-0.15, -0.1) is 0 Å². The van der Waals surface area contributed by atoms with Crippen molar-refractivity contribution in [2.24, 2.45) is 5.92 Å². The summed E-state index contributed by atoms with van der Waals surface area (Å²) in [4.78, 5) is 12.1. The number of aliphatic hydroxyl groups excluding tert-OH is 1. The smallest absolute Gasteiger partial charge is 0.312 e. The molecule has 1 aromatic rings. The number of ether oxygens (including phenoxy) is 2. The summed E-state index contributed by atoms with van der Waals surface area (Å²) in [6.07, 6.45) is -0.358. The highest BCUT2D eigenvalue weighted by atomic mass is 16.6. The highest BCUT2D eigenvalue weighted by Gasteiger charge is 2.30. The number of benzene rings is 1. The fourth-order valence-electron chi connectivity index (χ4n) is 1.93. The largest absolute Gasteiger partial charge is 0.497 e. The van der Waals surface area contributed by atoms with E-state index >= 15 is 0 Å². The molecule has 0 bridgehead atoms. The SMILES string of the molecule is CC[C@H](C(=O)OC(C)(C)C)[C@@H](O)c1ccc(OC)cc1. The van der Waals surface area contributed by atoms with E-state index in [0.717, 1.165) is 0 Å². The summed E-state index contributed by atoms with van der Waals surface area (Å²) in [5, 5.41) is 10.4. The number of hydrogen-bond acceptors (Lipinski definition) is 4. The van der Waals surface area contributed by atoms with Crippen molar-refractivity contribution in [1.82, 2.24) is 0 Å². The van der Waals surface area contributed by atoms with Crippen molar-refractivity contribution in [3.05, 3.63) is 29.8 Å². The van der Waals surface area contributed by atoms with E-state index in [1.54, 1.807) is 31.4 Å². The summed E-state index contributed by atoms with van der Waals surface area (Å²) >= 11 is 0. The fraction of sp³-hybridized carbons (Fsp3) is 0.562. The van der Waals surface area contributed by atoms with Crippen molar-refractivity contribution in [2.45, 2.75) is 45.8 Å². The third kappa shape index (κ3) is 4.53. The van der Waals surface area contributed by atoms with Crippen molar-refractivity contribution in [3.8, 4) is 5.75 Å². The molecule has 1 N–H and O–H groups in total. The van der Waals surface area contributed by atoms with Crippen LogP contribution in [-0.2, 0) is 9.53 Å². The quantitative estimate of drug-likeness (QED) is 0.842. The minimum absolute atomic E-state index is 0.372. The lowest BCUT2D eigenvalue weighted by Gasteiger charge is -2.26. The second kappa shape index (κ2) is 6.75. The standard InChI is InChI=1S/C16H24O4/c1-6-13(15(18)20-16(2,3)4)14(17)11-7-9-12(19-5)10-8-11/h7-10,13-14,17H,6H2,1-5H3/t13-,14-/m0/s1. The Bertz CT molecular complexity index is 431. The van der Waals surface area contributed by atoms with Gasteiger partial charge in [-0.05, 0) is 44.9 Å². The van der Waals surface area contributed by atoms with Crippen LogP contribution in [-0.4, -0.2) is 23.8 Å². The molecule has 0 heterocycles. The van der Waals surface area contributed by atoms with Crippen LogP contribution < -0.4 is 4.74 Å². The molecule has 20 heavy (non-hydrogen) atoms. The van der Waals surface area contributed by atoms with E-state index in [0.29, 0.717) is 17.7 Å². The number of hydrogen-bond donors (Lipinski definition) is 1. The summed E-state index contributed by atoms with van der Waals surface area (Å²) in [6.45, 7) is 7.31. The van der Waals surface area contributed by atoms with Crippen molar-refractivity contribution in [2.75, 3.05) is 7.11 Å². The Morgan fingerprint density at radius 1 is 1.25 bits per heavy atom. The molecule has 0 saturated heterocycles. The third-order valence-electron chi connectivity index (χ3n) is 2.99. The van der Waals surface area contributed by atoms with Gasteiger partial charge in [-0.3, -0.25) is 4.79 Å². The Balaban J connectivity index is 2.85. The topological polar surface area (TPSA) is 55.8 Å². The van der Waals surface area contributed by atoms with Crippen LogP contribution in [0.4, 0.5) is 0 Å². The lowest BCUT2D eigenvalue weighted by Crippen LogP contribution is -2.31. The molecule has 4 heteroatoms. The monoisotopic (exact) mass is 280 g/mol. The average Bonchev–Trinajstić information content (AvgIpc) is 2.37. The zero-order valence-corrected chi connectivity index (χ0v) is 12.8. The molecular weight excluding hydrogens is 256 g/mol. The van der Waals surface area contributed by atoms with Crippen molar-refractivity contribution < 1.29 is 19.4 Å². The second-order valence-corrected chi connectivity index (χ2v) is 5.77. The second-order valence-electron chi connectivity index (χ2n) is 5.77. The van der Waals surface area contributed by atoms with Gasteiger partial charge < -0.3 is 14.6 Å². The van der Waals surface area contributed by atoms with E-state index in [2.05, 4.69) is 0 Å². The zero-order chi connectivity index (χ0) is 15.3. The summed E-state index contributed by atoms with van der Waals surface area (Å²) < 4.78 is 10.4. The van der Waals surface area contributed by atoms with Gasteiger partial charge in [0.1, 0.15) is 11.4 Å². The van der Waals surface area contributed by atoms with Crippen LogP contribution in [0.5, 0.6) is 5.75 Å². The van der Waals surface area contributed by atoms with E-state index in [1.807, 2.05) is 27.7 Å². The molecule has 1 aromatic carbocycles. The number of carbonyl (C=O) groups is 1. The molecule has 0 aliphatic heterocycles. The number of carbonyl (C=O) groups excluding carboxylic acids is 1. The van der Waals surface area contributed by atoms with Gasteiger partial charge in [0.05, 0.1) is 19.1 Å². The minimum Gasteiger partial charge on any atom is -0.497 e. The molecule has 0 unspecified atom stereocenters. The van der Waals surface area contributed by atoms with Gasteiger partial charge in [0.2, 0.25) is 0 Å². The minimum atomic E-state index is -0.874. The van der Waals surface area contributed by atoms with E-state index in [9.17, 15) is 9.90 Å². The Kier molecular flexibility index (Phi) is 5.57. The number of rotatable bonds is 5. The van der Waals surface area contributed by atoms with Crippen LogP contribution >= 0.6 is 0 Å². The van der Waals surface area contributed by atoms with Gasteiger partial charge in [-0.1, -0.05) is 19.1 Å². The Morgan fingerprint density at radius 3 is 2.20 bits per heavy atom. The maximum atomic E-state index is 12.1. The first kappa shape index (κ1) is 16.5. The molecule has 112 valence electrons. The predicted octanol–water partition coefficient (Wildman–Crippen LogP) is 3.10. The molecule has 0 aliphatic rings. The lowest BCUT2D eigenvalue weighted by atomic mass is 9.93. The van der Waals surface area contributed by atoms with Gasteiger partial charge in [-0.2, -0.15) is 0 Å². The van der Waals surface area contributed by atoms with Gasteiger partial charge in [0, 0.05) is 0 Å². The van der Waals surface area contributed by atoms with Crippen LogP contribution in [0.25, 0.3) is 0 Å². The van der Waals surface area contributed by atoms with Crippen molar-refractivity contribution >= 4 is 5.97 Å². The molecule has 0 fully saturated rings. The van der Waals surface area contributed by atoms with E-state index in [-0.39, 0.29) is 5.97 Å². The predicted molar refractivity (Wildman–Crippen MR) is 77.6 cm³/mol. The van der Waals surface area contributed by atoms with Gasteiger partial charge in [0.15, 0.2) is 0 Å². The van der Waals surface area contributed by atoms with Crippen LogP contribution in [0.3, 0.4) is 0 Å². The van der Waals surface area contributed by atoms with Gasteiger partial charge >= 0.3 is 5.97 Å². The summed E-state index contributed by atoms with van der Waals surface area (Å²) in [7, 11) is 1.58. The number of methoxy groups -OCH3 is 1. The van der Waals surface area contributed by atoms with Crippen molar-refractivity contribution in [3.63, 3.8) is 0 Å². The maximum Gasteiger partial charge on any atom is 0.312 e. The molecule has 0 saturated carbocycles. The number of aliphatic hydroxyl groups is 1. The van der Waals surface area contributed by atoms with E-state index in [4.69, 9.17) is 9.47 Å². The highest BCUT2D eigenvalue weighted by Crippen LogP contribution is 2.28. The fourth-order valence-corrected chi connectivity index (χ4v) is 1.93. The zero-order valence-electron chi connectivity index (χ0n) is 12.8. The van der Waals surface area contributed by atoms with E-state index in [1.165, 1.54) is 0 Å². The van der Waals surface area contributed by atoms with Crippen molar-refractivity contribution in [1.29, 1.82) is 0 Å². The van der Waals surface area contributed by atoms with Crippen LogP contribution in [0.2, 0.25) is 0 Å². The molecular formula is C16H24O4. The molecule has 1 rings (SSSR count). The Labute approximate surface area is 120 Å². The lowest BCUT2D eigenvalue weighted by molar-refractivity contribution is -0.164. The molecule has 0 spiro atoms. The molecule has 2 atom stereocenters. The molecule has 0 aromatic heterocycles. The van der Waals surface area contributed by atoms with Crippen LogP contribution in [0, 0.1) is 5.92 Å². The highest BCUT2D eigenvalue weighted by molar-refractivity contribution is 5.73. The molecule has 0 aliphatic carbocycles. The Morgan fingerprint density at radius 2 is 1.80 bits per heavy atom. The van der Waals surface area contributed by atoms with Gasteiger partial charge in [0.25, 0.3) is 0 Å². The molecule has 0 amide bonds. The van der Waals surface area contributed by atoms with E-state index < -0.39 is 17.6 Å². The summed E-state index contributed by atoms with van der Waals surface area (Å²) in [5.74, 6) is -0.225. The first-order chi connectivity index (χ1) is 9.28. The first-order valence-electron chi connectivity index (χ1n) is 6.83. The number of esters is 1. The normalized spacial score (nSPS) is 14.5. The average molecular weight is 280 g/mol.